The summed E-state index contributed by atoms with van der Waals surface area (Å²) in [5.41, 5.74) is 7.83. The molecule has 4 heterocycles. The van der Waals surface area contributed by atoms with E-state index >= 15 is 0 Å². The summed E-state index contributed by atoms with van der Waals surface area (Å²) in [6, 6.07) is 5.06. The SMILES string of the molecule is CN(CCCNC(=O)Nc1ccc2c(c1)OCO2)CC1CCC(n2cnc3c(N)ncnc32)O1. The number of urea groups is 1. The Balaban J connectivity index is 1.02. The number of aromatic nitrogens is 4. The summed E-state index contributed by atoms with van der Waals surface area (Å²) in [5, 5.41) is 5.69. The second-order valence-corrected chi connectivity index (χ2v) is 8.44. The van der Waals surface area contributed by atoms with Crippen LogP contribution >= 0.6 is 0 Å². The molecule has 1 aromatic carbocycles. The molecule has 180 valence electrons. The molecular formula is C22H28N8O4. The topological polar surface area (TPSA) is 142 Å². The lowest BCUT2D eigenvalue weighted by atomic mass is 10.2. The van der Waals surface area contributed by atoms with Gasteiger partial charge in [0.05, 0.1) is 12.4 Å². The van der Waals surface area contributed by atoms with E-state index in [1.165, 1.54) is 6.33 Å². The predicted octanol–water partition coefficient (Wildman–Crippen LogP) is 1.96. The van der Waals surface area contributed by atoms with Crippen LogP contribution in [0.5, 0.6) is 11.5 Å². The lowest BCUT2D eigenvalue weighted by molar-refractivity contribution is -0.00849. The molecule has 1 fully saturated rings. The Bertz CT molecular complexity index is 1170. The number of nitrogens with one attached hydrogen (secondary N) is 2. The summed E-state index contributed by atoms with van der Waals surface area (Å²) in [6.45, 7) is 2.42. The van der Waals surface area contributed by atoms with E-state index in [0.717, 1.165) is 32.4 Å². The quantitative estimate of drug-likeness (QED) is 0.423. The van der Waals surface area contributed by atoms with Gasteiger partial charge in [0.1, 0.15) is 18.1 Å². The van der Waals surface area contributed by atoms with Crippen LogP contribution in [0.1, 0.15) is 25.5 Å². The molecule has 0 radical (unpaired) electrons. The van der Waals surface area contributed by atoms with Gasteiger partial charge in [0.15, 0.2) is 23.0 Å². The first-order valence-electron chi connectivity index (χ1n) is 11.3. The zero-order valence-corrected chi connectivity index (χ0v) is 18.9. The number of nitrogens with two attached hydrogens (primary N) is 1. The van der Waals surface area contributed by atoms with Crippen molar-refractivity contribution in [2.24, 2.45) is 0 Å². The predicted molar refractivity (Wildman–Crippen MR) is 125 cm³/mol. The lowest BCUT2D eigenvalue weighted by Crippen LogP contribution is -2.34. The smallest absolute Gasteiger partial charge is 0.319 e. The number of hydrogen-bond donors (Lipinski definition) is 3. The van der Waals surface area contributed by atoms with Crippen LogP contribution in [0.3, 0.4) is 0 Å². The number of nitrogens with zero attached hydrogens (tertiary/aromatic N) is 5. The fourth-order valence-electron chi connectivity index (χ4n) is 4.25. The minimum atomic E-state index is -0.250. The van der Waals surface area contributed by atoms with Gasteiger partial charge < -0.3 is 35.5 Å². The number of hydrogen-bond acceptors (Lipinski definition) is 9. The highest BCUT2D eigenvalue weighted by atomic mass is 16.7. The van der Waals surface area contributed by atoms with Gasteiger partial charge >= 0.3 is 6.03 Å². The van der Waals surface area contributed by atoms with Gasteiger partial charge in [-0.25, -0.2) is 19.7 Å². The fourth-order valence-corrected chi connectivity index (χ4v) is 4.25. The van der Waals surface area contributed by atoms with E-state index in [4.69, 9.17) is 19.9 Å². The molecule has 2 aromatic heterocycles. The maximum Gasteiger partial charge on any atom is 0.319 e. The Hall–Kier alpha value is -3.64. The van der Waals surface area contributed by atoms with Gasteiger partial charge in [-0.1, -0.05) is 0 Å². The molecule has 1 saturated heterocycles. The van der Waals surface area contributed by atoms with Crippen LogP contribution in [0, 0.1) is 0 Å². The maximum absolute atomic E-state index is 12.1. The highest BCUT2D eigenvalue weighted by Crippen LogP contribution is 2.34. The summed E-state index contributed by atoms with van der Waals surface area (Å²) >= 11 is 0. The van der Waals surface area contributed by atoms with Gasteiger partial charge in [-0.2, -0.15) is 0 Å². The third kappa shape index (κ3) is 4.82. The van der Waals surface area contributed by atoms with Gasteiger partial charge in [-0.05, 0) is 45.0 Å². The number of anilines is 2. The summed E-state index contributed by atoms with van der Waals surface area (Å²) in [6.07, 6.45) is 5.82. The molecule has 0 saturated carbocycles. The molecule has 5 rings (SSSR count). The van der Waals surface area contributed by atoms with Crippen molar-refractivity contribution in [3.05, 3.63) is 30.9 Å². The second kappa shape index (κ2) is 9.69. The van der Waals surface area contributed by atoms with Crippen molar-refractivity contribution < 1.29 is 19.0 Å². The molecule has 12 nitrogen and oxygen atoms in total. The van der Waals surface area contributed by atoms with E-state index in [9.17, 15) is 4.79 Å². The summed E-state index contributed by atoms with van der Waals surface area (Å²) < 4.78 is 18.8. The van der Waals surface area contributed by atoms with Crippen molar-refractivity contribution >= 4 is 28.7 Å². The first kappa shape index (κ1) is 22.2. The molecular weight excluding hydrogens is 440 g/mol. The van der Waals surface area contributed by atoms with Crippen LogP contribution in [0.4, 0.5) is 16.3 Å². The van der Waals surface area contributed by atoms with Crippen LogP contribution < -0.4 is 25.8 Å². The summed E-state index contributed by atoms with van der Waals surface area (Å²) in [7, 11) is 2.06. The third-order valence-electron chi connectivity index (χ3n) is 5.93. The Kier molecular flexibility index (Phi) is 6.32. The monoisotopic (exact) mass is 468 g/mol. The minimum absolute atomic E-state index is 0.112. The Morgan fingerprint density at radius 1 is 1.24 bits per heavy atom. The molecule has 3 aromatic rings. The van der Waals surface area contributed by atoms with Gasteiger partial charge in [0, 0.05) is 24.8 Å². The largest absolute Gasteiger partial charge is 0.454 e. The number of ether oxygens (including phenoxy) is 3. The van der Waals surface area contributed by atoms with Gasteiger partial charge in [0.25, 0.3) is 0 Å². The average Bonchev–Trinajstić information content (AvgIpc) is 3.56. The molecule has 34 heavy (non-hydrogen) atoms. The molecule has 2 atom stereocenters. The van der Waals surface area contributed by atoms with E-state index < -0.39 is 0 Å². The van der Waals surface area contributed by atoms with Crippen molar-refractivity contribution in [1.29, 1.82) is 0 Å². The fraction of sp³-hybridized carbons (Fsp3) is 0.455. The number of amides is 2. The highest BCUT2D eigenvalue weighted by molar-refractivity contribution is 5.89. The van der Waals surface area contributed by atoms with Gasteiger partial charge in [-0.3, -0.25) is 4.57 Å². The molecule has 2 amide bonds. The van der Waals surface area contributed by atoms with Crippen LogP contribution in [-0.2, 0) is 4.74 Å². The zero-order valence-electron chi connectivity index (χ0n) is 18.9. The van der Waals surface area contributed by atoms with Crippen LogP contribution in [-0.4, -0.2) is 70.0 Å². The number of benzene rings is 1. The van der Waals surface area contributed by atoms with Crippen LogP contribution in [0.2, 0.25) is 0 Å². The first-order valence-corrected chi connectivity index (χ1v) is 11.3. The van der Waals surface area contributed by atoms with Crippen LogP contribution in [0.25, 0.3) is 11.2 Å². The normalized spacial score (nSPS) is 19.1. The molecule has 4 N–H and O–H groups in total. The maximum atomic E-state index is 12.1. The van der Waals surface area contributed by atoms with Gasteiger partial charge in [0.2, 0.25) is 6.79 Å². The number of likely N-dealkylation sites (N-methyl/N-ethyl adjacent to an activating group) is 1. The molecule has 2 aliphatic heterocycles. The van der Waals surface area contributed by atoms with Gasteiger partial charge in [-0.15, -0.1) is 0 Å². The van der Waals surface area contributed by atoms with Crippen molar-refractivity contribution in [3.8, 4) is 11.5 Å². The second-order valence-electron chi connectivity index (χ2n) is 8.44. The van der Waals surface area contributed by atoms with Crippen molar-refractivity contribution in [3.63, 3.8) is 0 Å². The Morgan fingerprint density at radius 2 is 2.12 bits per heavy atom. The van der Waals surface area contributed by atoms with Crippen molar-refractivity contribution in [1.82, 2.24) is 29.7 Å². The summed E-state index contributed by atoms with van der Waals surface area (Å²) in [5.74, 6) is 1.69. The number of nitrogen functional groups attached to an aromatic ring is 1. The molecule has 0 bridgehead atoms. The Labute approximate surface area is 196 Å². The van der Waals surface area contributed by atoms with E-state index in [1.807, 2.05) is 4.57 Å². The van der Waals surface area contributed by atoms with Crippen molar-refractivity contribution in [2.75, 3.05) is 44.5 Å². The number of carbonyl (C=O) groups is 1. The van der Waals surface area contributed by atoms with E-state index in [2.05, 4.69) is 37.5 Å². The van der Waals surface area contributed by atoms with Crippen molar-refractivity contribution in [2.45, 2.75) is 31.6 Å². The van der Waals surface area contributed by atoms with E-state index in [-0.39, 0.29) is 25.2 Å². The van der Waals surface area contributed by atoms with E-state index in [0.29, 0.717) is 40.7 Å². The summed E-state index contributed by atoms with van der Waals surface area (Å²) in [4.78, 5) is 27.0. The number of imidazole rings is 1. The number of rotatable bonds is 8. The van der Waals surface area contributed by atoms with Crippen LogP contribution in [0.15, 0.2) is 30.9 Å². The highest BCUT2D eigenvalue weighted by Gasteiger charge is 2.29. The number of carbonyl (C=O) groups excluding carboxylic acids is 1. The third-order valence-corrected chi connectivity index (χ3v) is 5.93. The van der Waals surface area contributed by atoms with E-state index in [1.54, 1.807) is 24.5 Å². The Morgan fingerprint density at radius 3 is 3.03 bits per heavy atom. The first-order chi connectivity index (χ1) is 16.6. The zero-order chi connectivity index (χ0) is 23.5. The molecule has 2 unspecified atom stereocenters. The molecule has 12 heteroatoms. The average molecular weight is 469 g/mol. The molecule has 0 spiro atoms. The molecule has 0 aliphatic carbocycles. The number of fused-ring (bicyclic) bond motifs is 2. The standard InChI is InChI=1S/C22H28N8O4/c1-29(8-2-7-24-22(31)28-14-3-5-16-17(9-14)33-13-32-16)10-15-4-6-18(34-15)30-12-27-19-20(23)25-11-26-21(19)30/h3,5,9,11-12,15,18H,2,4,6-8,10,13H2,1H3,(H2,23,25,26)(H2,24,28,31). The lowest BCUT2D eigenvalue weighted by Gasteiger charge is -2.21. The molecule has 2 aliphatic rings. The minimum Gasteiger partial charge on any atom is -0.454 e.